The van der Waals surface area contributed by atoms with Crippen molar-refractivity contribution in [1.82, 2.24) is 5.32 Å². The lowest BCUT2D eigenvalue weighted by atomic mass is 10.2. The first-order valence-electron chi connectivity index (χ1n) is 6.85. The Balaban J connectivity index is 2.41. The van der Waals surface area contributed by atoms with Gasteiger partial charge in [-0.1, -0.05) is 6.07 Å². The van der Waals surface area contributed by atoms with E-state index < -0.39 is 29.6 Å². The van der Waals surface area contributed by atoms with Crippen molar-refractivity contribution >= 4 is 23.5 Å². The van der Waals surface area contributed by atoms with E-state index in [1.54, 1.807) is 19.9 Å². The quantitative estimate of drug-likeness (QED) is 0.716. The van der Waals surface area contributed by atoms with Crippen molar-refractivity contribution < 1.29 is 23.9 Å². The SMILES string of the molecule is Cc1ccc(F)c(NC(=O)CCC(=O)N[C@H](C)CC(=O)O)c1. The van der Waals surface area contributed by atoms with E-state index in [9.17, 15) is 18.8 Å². The van der Waals surface area contributed by atoms with Crippen LogP contribution in [0.4, 0.5) is 10.1 Å². The number of benzene rings is 1. The van der Waals surface area contributed by atoms with Crippen LogP contribution in [0.15, 0.2) is 18.2 Å². The molecule has 0 radical (unpaired) electrons. The number of nitrogens with one attached hydrogen (secondary N) is 2. The summed E-state index contributed by atoms with van der Waals surface area (Å²) < 4.78 is 13.5. The van der Waals surface area contributed by atoms with Crippen LogP contribution in [0, 0.1) is 12.7 Å². The van der Waals surface area contributed by atoms with E-state index in [1.165, 1.54) is 12.1 Å². The molecule has 0 fully saturated rings. The standard InChI is InChI=1S/C15H19FN2O4/c1-9-3-4-11(16)12(7-9)18-14(20)6-5-13(19)17-10(2)8-15(21)22/h3-4,7,10H,5-6,8H2,1-2H3,(H,17,19)(H,18,20)(H,21,22)/t10-/m1/s1. The molecular weight excluding hydrogens is 291 g/mol. The number of carbonyl (C=O) groups is 3. The molecule has 0 aliphatic heterocycles. The van der Waals surface area contributed by atoms with Crippen LogP contribution < -0.4 is 10.6 Å². The maximum absolute atomic E-state index is 13.5. The van der Waals surface area contributed by atoms with Crippen molar-refractivity contribution in [3.63, 3.8) is 0 Å². The molecule has 7 heteroatoms. The van der Waals surface area contributed by atoms with Crippen LogP contribution in [-0.2, 0) is 14.4 Å². The van der Waals surface area contributed by atoms with E-state index in [-0.39, 0.29) is 24.9 Å². The largest absolute Gasteiger partial charge is 0.481 e. The number of hydrogen-bond donors (Lipinski definition) is 3. The van der Waals surface area contributed by atoms with E-state index in [1.807, 2.05) is 0 Å². The maximum atomic E-state index is 13.5. The van der Waals surface area contributed by atoms with Crippen LogP contribution in [0.5, 0.6) is 0 Å². The number of carbonyl (C=O) groups excluding carboxylic acids is 2. The first-order valence-corrected chi connectivity index (χ1v) is 6.85. The Hall–Kier alpha value is -2.44. The molecule has 0 spiro atoms. The summed E-state index contributed by atoms with van der Waals surface area (Å²) in [6.07, 6.45) is -0.394. The molecule has 0 aromatic heterocycles. The second-order valence-corrected chi connectivity index (χ2v) is 5.10. The highest BCUT2D eigenvalue weighted by molar-refractivity contribution is 5.93. The van der Waals surface area contributed by atoms with Crippen molar-refractivity contribution in [2.45, 2.75) is 39.2 Å². The first-order chi connectivity index (χ1) is 10.3. The maximum Gasteiger partial charge on any atom is 0.305 e. The summed E-state index contributed by atoms with van der Waals surface area (Å²) >= 11 is 0. The Kier molecular flexibility index (Phi) is 6.49. The fraction of sp³-hybridized carbons (Fsp3) is 0.400. The first kappa shape index (κ1) is 17.6. The number of aryl methyl sites for hydroxylation is 1. The van der Waals surface area contributed by atoms with Crippen molar-refractivity contribution in [2.75, 3.05) is 5.32 Å². The fourth-order valence-electron chi connectivity index (χ4n) is 1.83. The third-order valence-corrected chi connectivity index (χ3v) is 2.86. The molecule has 0 aliphatic carbocycles. The molecule has 3 N–H and O–H groups in total. The number of aliphatic carboxylic acids is 1. The van der Waals surface area contributed by atoms with Crippen LogP contribution in [-0.4, -0.2) is 28.9 Å². The third-order valence-electron chi connectivity index (χ3n) is 2.86. The summed E-state index contributed by atoms with van der Waals surface area (Å²) in [5, 5.41) is 13.5. The van der Waals surface area contributed by atoms with Gasteiger partial charge in [-0.2, -0.15) is 0 Å². The molecule has 0 heterocycles. The number of amides is 2. The molecule has 120 valence electrons. The molecule has 0 saturated heterocycles. The van der Waals surface area contributed by atoms with E-state index >= 15 is 0 Å². The van der Waals surface area contributed by atoms with Crippen LogP contribution in [0.25, 0.3) is 0 Å². The molecule has 1 aromatic carbocycles. The minimum atomic E-state index is -1.01. The van der Waals surface area contributed by atoms with Crippen LogP contribution in [0.2, 0.25) is 0 Å². The molecule has 22 heavy (non-hydrogen) atoms. The van der Waals surface area contributed by atoms with E-state index in [2.05, 4.69) is 10.6 Å². The summed E-state index contributed by atoms with van der Waals surface area (Å²) in [5.74, 6) is -2.46. The molecule has 0 saturated carbocycles. The van der Waals surface area contributed by atoms with Gasteiger partial charge in [0.05, 0.1) is 12.1 Å². The Morgan fingerprint density at radius 1 is 1.23 bits per heavy atom. The summed E-state index contributed by atoms with van der Waals surface area (Å²) in [6.45, 7) is 3.33. The Bertz CT molecular complexity index is 575. The zero-order valence-electron chi connectivity index (χ0n) is 12.5. The topological polar surface area (TPSA) is 95.5 Å². The van der Waals surface area contributed by atoms with Crippen LogP contribution >= 0.6 is 0 Å². The second kappa shape index (κ2) is 8.11. The molecule has 0 bridgehead atoms. The minimum absolute atomic E-state index is 0.0738. The summed E-state index contributed by atoms with van der Waals surface area (Å²) in [7, 11) is 0. The highest BCUT2D eigenvalue weighted by Gasteiger charge is 2.13. The zero-order valence-corrected chi connectivity index (χ0v) is 12.5. The summed E-state index contributed by atoms with van der Waals surface area (Å²) in [4.78, 5) is 33.7. The normalized spacial score (nSPS) is 11.6. The summed E-state index contributed by atoms with van der Waals surface area (Å²) in [6, 6.07) is 3.83. The van der Waals surface area contributed by atoms with Gasteiger partial charge in [0, 0.05) is 18.9 Å². The van der Waals surface area contributed by atoms with Gasteiger partial charge >= 0.3 is 5.97 Å². The number of anilines is 1. The lowest BCUT2D eigenvalue weighted by Gasteiger charge is -2.11. The lowest BCUT2D eigenvalue weighted by molar-refractivity contribution is -0.137. The van der Waals surface area contributed by atoms with Gasteiger partial charge < -0.3 is 15.7 Å². The van der Waals surface area contributed by atoms with Gasteiger partial charge in [-0.05, 0) is 31.5 Å². The zero-order chi connectivity index (χ0) is 16.7. The summed E-state index contributed by atoms with van der Waals surface area (Å²) in [5.41, 5.74) is 0.876. The van der Waals surface area contributed by atoms with Gasteiger partial charge in [-0.15, -0.1) is 0 Å². The highest BCUT2D eigenvalue weighted by atomic mass is 19.1. The predicted octanol–water partition coefficient (Wildman–Crippen LogP) is 1.83. The number of carboxylic acids is 1. The molecule has 1 rings (SSSR count). The molecule has 6 nitrogen and oxygen atoms in total. The van der Waals surface area contributed by atoms with Crippen molar-refractivity contribution in [3.05, 3.63) is 29.6 Å². The van der Waals surface area contributed by atoms with Crippen molar-refractivity contribution in [1.29, 1.82) is 0 Å². The molecular formula is C15H19FN2O4. The van der Waals surface area contributed by atoms with Gasteiger partial charge in [0.15, 0.2) is 0 Å². The molecule has 0 unspecified atom stereocenters. The smallest absolute Gasteiger partial charge is 0.305 e. The highest BCUT2D eigenvalue weighted by Crippen LogP contribution is 2.15. The lowest BCUT2D eigenvalue weighted by Crippen LogP contribution is -2.34. The van der Waals surface area contributed by atoms with E-state index in [0.29, 0.717) is 0 Å². The number of hydrogen-bond acceptors (Lipinski definition) is 3. The third kappa shape index (κ3) is 6.34. The number of halogens is 1. The van der Waals surface area contributed by atoms with Gasteiger partial charge in [0.1, 0.15) is 5.82 Å². The Morgan fingerprint density at radius 2 is 1.86 bits per heavy atom. The molecule has 0 aliphatic rings. The fourth-order valence-corrected chi connectivity index (χ4v) is 1.83. The molecule has 1 atom stereocenters. The van der Waals surface area contributed by atoms with Gasteiger partial charge in [0.25, 0.3) is 0 Å². The van der Waals surface area contributed by atoms with Gasteiger partial charge in [-0.25, -0.2) is 4.39 Å². The molecule has 1 aromatic rings. The predicted molar refractivity (Wildman–Crippen MR) is 78.9 cm³/mol. The van der Waals surface area contributed by atoms with E-state index in [0.717, 1.165) is 5.56 Å². The number of rotatable bonds is 7. The van der Waals surface area contributed by atoms with Crippen LogP contribution in [0.3, 0.4) is 0 Å². The minimum Gasteiger partial charge on any atom is -0.481 e. The van der Waals surface area contributed by atoms with Crippen molar-refractivity contribution in [3.8, 4) is 0 Å². The monoisotopic (exact) mass is 310 g/mol. The van der Waals surface area contributed by atoms with Gasteiger partial charge in [0.2, 0.25) is 11.8 Å². The number of carboxylic acid groups (broad SMARTS) is 1. The van der Waals surface area contributed by atoms with Gasteiger partial charge in [-0.3, -0.25) is 14.4 Å². The Labute approximate surface area is 127 Å². The molecule has 2 amide bonds. The van der Waals surface area contributed by atoms with E-state index in [4.69, 9.17) is 5.11 Å². The average molecular weight is 310 g/mol. The Morgan fingerprint density at radius 3 is 2.50 bits per heavy atom. The second-order valence-electron chi connectivity index (χ2n) is 5.10. The van der Waals surface area contributed by atoms with Crippen molar-refractivity contribution in [2.24, 2.45) is 0 Å². The average Bonchev–Trinajstić information content (AvgIpc) is 2.39. The van der Waals surface area contributed by atoms with Crippen LogP contribution in [0.1, 0.15) is 31.7 Å².